The minimum Gasteiger partial charge on any atom is -0.407 e. The molecule has 122 valence electrons. The number of methoxy groups -OCH3 is 1. The average Bonchev–Trinajstić information content (AvgIpc) is 2.37. The Morgan fingerprint density at radius 3 is 2.14 bits per heavy atom. The number of aldehydes is 1. The summed E-state index contributed by atoms with van der Waals surface area (Å²) in [5.41, 5.74) is 1.02. The third-order valence-electron chi connectivity index (χ3n) is 4.22. The molecule has 3 atom stereocenters. The SMILES string of the molecule is C=C[C@H](OC)[C@@H](O[Si](C)(C)C(C)(C)C)/C(C)=C/C(C)C=O. The lowest BCUT2D eigenvalue weighted by Gasteiger charge is -2.41. The molecule has 1 unspecified atom stereocenters. The Kier molecular flexibility index (Phi) is 7.79. The number of hydrogen-bond acceptors (Lipinski definition) is 3. The van der Waals surface area contributed by atoms with Crippen LogP contribution in [0, 0.1) is 5.92 Å². The predicted molar refractivity (Wildman–Crippen MR) is 92.0 cm³/mol. The van der Waals surface area contributed by atoms with Crippen LogP contribution in [0.5, 0.6) is 0 Å². The molecule has 0 aromatic heterocycles. The highest BCUT2D eigenvalue weighted by Gasteiger charge is 2.40. The van der Waals surface area contributed by atoms with E-state index >= 15 is 0 Å². The summed E-state index contributed by atoms with van der Waals surface area (Å²) in [6, 6.07) is 0. The third-order valence-corrected chi connectivity index (χ3v) is 8.68. The summed E-state index contributed by atoms with van der Waals surface area (Å²) < 4.78 is 12.0. The maximum Gasteiger partial charge on any atom is 0.193 e. The van der Waals surface area contributed by atoms with Gasteiger partial charge in [0.1, 0.15) is 12.4 Å². The molecule has 0 fully saturated rings. The van der Waals surface area contributed by atoms with Crippen LogP contribution in [0.25, 0.3) is 0 Å². The average molecular weight is 313 g/mol. The quantitative estimate of drug-likeness (QED) is 0.379. The van der Waals surface area contributed by atoms with Crippen LogP contribution in [0.3, 0.4) is 0 Å². The molecule has 0 rings (SSSR count). The molecular weight excluding hydrogens is 280 g/mol. The summed E-state index contributed by atoms with van der Waals surface area (Å²) >= 11 is 0. The Bertz CT molecular complexity index is 380. The Morgan fingerprint density at radius 2 is 1.81 bits per heavy atom. The smallest absolute Gasteiger partial charge is 0.193 e. The molecule has 0 radical (unpaired) electrons. The van der Waals surface area contributed by atoms with Crippen molar-refractivity contribution in [2.24, 2.45) is 5.92 Å². The summed E-state index contributed by atoms with van der Waals surface area (Å²) in [6.45, 7) is 18.8. The van der Waals surface area contributed by atoms with Crippen LogP contribution in [0.15, 0.2) is 24.3 Å². The summed E-state index contributed by atoms with van der Waals surface area (Å²) in [6.07, 6.45) is 4.23. The highest BCUT2D eigenvalue weighted by Crippen LogP contribution is 2.38. The van der Waals surface area contributed by atoms with Gasteiger partial charge in [0.2, 0.25) is 0 Å². The van der Waals surface area contributed by atoms with Crippen molar-refractivity contribution in [1.29, 1.82) is 0 Å². The highest BCUT2D eigenvalue weighted by molar-refractivity contribution is 6.74. The van der Waals surface area contributed by atoms with E-state index in [9.17, 15) is 4.79 Å². The van der Waals surface area contributed by atoms with E-state index in [0.29, 0.717) is 0 Å². The zero-order chi connectivity index (χ0) is 16.8. The zero-order valence-electron chi connectivity index (χ0n) is 14.9. The Labute approximate surface area is 131 Å². The first-order chi connectivity index (χ1) is 9.50. The Morgan fingerprint density at radius 1 is 1.29 bits per heavy atom. The molecule has 0 aliphatic rings. The summed E-state index contributed by atoms with van der Waals surface area (Å²) in [4.78, 5) is 10.9. The minimum absolute atomic E-state index is 0.112. The number of allylic oxidation sites excluding steroid dienone is 1. The molecule has 0 bridgehead atoms. The van der Waals surface area contributed by atoms with Gasteiger partial charge in [-0.25, -0.2) is 0 Å². The standard InChI is InChI=1S/C17H32O3Si/c1-10-15(19-7)16(14(3)11-13(2)12-18)20-21(8,9)17(4,5)6/h10-13,15-16H,1H2,2-9H3/b14-11+/t13?,15-,16-/m0/s1. The van der Waals surface area contributed by atoms with E-state index in [1.165, 1.54) is 0 Å². The van der Waals surface area contributed by atoms with Crippen LogP contribution in [0.4, 0.5) is 0 Å². The van der Waals surface area contributed by atoms with Gasteiger partial charge in [-0.2, -0.15) is 0 Å². The van der Waals surface area contributed by atoms with Crippen molar-refractivity contribution in [2.75, 3.05) is 7.11 Å². The van der Waals surface area contributed by atoms with Crippen molar-refractivity contribution in [3.05, 3.63) is 24.3 Å². The normalized spacial score (nSPS) is 18.0. The molecule has 0 aliphatic carbocycles. The van der Waals surface area contributed by atoms with Crippen molar-refractivity contribution < 1.29 is 14.0 Å². The van der Waals surface area contributed by atoms with E-state index in [1.807, 2.05) is 19.9 Å². The van der Waals surface area contributed by atoms with E-state index in [1.54, 1.807) is 13.2 Å². The van der Waals surface area contributed by atoms with Crippen LogP contribution in [-0.2, 0) is 14.0 Å². The van der Waals surface area contributed by atoms with Crippen molar-refractivity contribution in [3.8, 4) is 0 Å². The van der Waals surface area contributed by atoms with Gasteiger partial charge in [-0.3, -0.25) is 0 Å². The molecule has 0 spiro atoms. The molecule has 0 amide bonds. The van der Waals surface area contributed by atoms with Crippen LogP contribution >= 0.6 is 0 Å². The van der Waals surface area contributed by atoms with Gasteiger partial charge in [0.25, 0.3) is 0 Å². The fourth-order valence-electron chi connectivity index (χ4n) is 1.81. The molecule has 0 aromatic rings. The van der Waals surface area contributed by atoms with Crippen LogP contribution in [0.2, 0.25) is 18.1 Å². The molecule has 4 heteroatoms. The van der Waals surface area contributed by atoms with Crippen molar-refractivity contribution in [1.82, 2.24) is 0 Å². The second-order valence-corrected chi connectivity index (χ2v) is 11.9. The summed E-state index contributed by atoms with van der Waals surface area (Å²) in [5.74, 6) is -0.127. The van der Waals surface area contributed by atoms with E-state index in [4.69, 9.17) is 9.16 Å². The third kappa shape index (κ3) is 5.89. The Hall–Kier alpha value is -0.713. The monoisotopic (exact) mass is 312 g/mol. The number of hydrogen-bond donors (Lipinski definition) is 0. The van der Waals surface area contributed by atoms with Gasteiger partial charge in [0, 0.05) is 13.0 Å². The van der Waals surface area contributed by atoms with Crippen molar-refractivity contribution in [3.63, 3.8) is 0 Å². The molecule has 0 N–H and O–H groups in total. The topological polar surface area (TPSA) is 35.5 Å². The maximum atomic E-state index is 10.9. The van der Waals surface area contributed by atoms with Crippen molar-refractivity contribution >= 4 is 14.6 Å². The molecule has 3 nitrogen and oxygen atoms in total. The van der Waals surface area contributed by atoms with E-state index in [0.717, 1.165) is 11.9 Å². The highest BCUT2D eigenvalue weighted by atomic mass is 28.4. The van der Waals surface area contributed by atoms with Gasteiger partial charge in [0.15, 0.2) is 8.32 Å². The minimum atomic E-state index is -1.94. The van der Waals surface area contributed by atoms with Gasteiger partial charge in [0.05, 0.1) is 6.10 Å². The molecular formula is C17H32O3Si. The molecule has 21 heavy (non-hydrogen) atoms. The molecule has 0 aromatic carbocycles. The van der Waals surface area contributed by atoms with E-state index < -0.39 is 8.32 Å². The molecule has 0 aliphatic heterocycles. The van der Waals surface area contributed by atoms with E-state index in [2.05, 4.69) is 40.4 Å². The second-order valence-electron chi connectivity index (χ2n) is 7.14. The summed E-state index contributed by atoms with van der Waals surface area (Å²) in [5, 5.41) is 0.112. The number of carbonyl (C=O) groups excluding carboxylic acids is 1. The zero-order valence-corrected chi connectivity index (χ0v) is 15.9. The molecule has 0 saturated carbocycles. The van der Waals surface area contributed by atoms with Gasteiger partial charge >= 0.3 is 0 Å². The van der Waals surface area contributed by atoms with E-state index in [-0.39, 0.29) is 23.2 Å². The van der Waals surface area contributed by atoms with Crippen LogP contribution in [0.1, 0.15) is 34.6 Å². The maximum absolute atomic E-state index is 10.9. The lowest BCUT2D eigenvalue weighted by molar-refractivity contribution is -0.109. The summed E-state index contributed by atoms with van der Waals surface area (Å²) in [7, 11) is -0.287. The fourth-order valence-corrected chi connectivity index (χ4v) is 3.11. The Balaban J connectivity index is 5.49. The van der Waals surface area contributed by atoms with Crippen LogP contribution < -0.4 is 0 Å². The number of rotatable bonds is 8. The predicted octanol–water partition coefficient (Wildman–Crippen LogP) is 4.36. The van der Waals surface area contributed by atoms with Gasteiger partial charge in [-0.05, 0) is 30.6 Å². The first kappa shape index (κ1) is 20.3. The number of carbonyl (C=O) groups is 1. The largest absolute Gasteiger partial charge is 0.407 e. The first-order valence-corrected chi connectivity index (χ1v) is 10.4. The van der Waals surface area contributed by atoms with Crippen LogP contribution in [-0.4, -0.2) is 33.9 Å². The second kappa shape index (κ2) is 8.06. The van der Waals surface area contributed by atoms with Gasteiger partial charge < -0.3 is 14.0 Å². The number of ether oxygens (including phenoxy) is 1. The lowest BCUT2D eigenvalue weighted by Crippen LogP contribution is -2.47. The van der Waals surface area contributed by atoms with Gasteiger partial charge in [-0.15, -0.1) is 6.58 Å². The van der Waals surface area contributed by atoms with Gasteiger partial charge in [-0.1, -0.05) is 39.8 Å². The fraction of sp³-hybridized carbons (Fsp3) is 0.706. The molecule has 0 heterocycles. The lowest BCUT2D eigenvalue weighted by atomic mass is 10.0. The first-order valence-electron chi connectivity index (χ1n) is 7.47. The van der Waals surface area contributed by atoms with Crippen molar-refractivity contribution in [2.45, 2.75) is 65.0 Å². The molecule has 0 saturated heterocycles.